The molecule has 8 heteroatoms. The molecule has 32 heavy (non-hydrogen) atoms. The number of hydrogen-bond donors (Lipinski definition) is 0. The van der Waals surface area contributed by atoms with Crippen LogP contribution in [0.5, 0.6) is 0 Å². The van der Waals surface area contributed by atoms with Crippen LogP contribution in [-0.2, 0) is 35.1 Å². The third-order valence-electron chi connectivity index (χ3n) is 4.84. The van der Waals surface area contributed by atoms with Crippen molar-refractivity contribution < 1.29 is 32.9 Å². The van der Waals surface area contributed by atoms with Crippen molar-refractivity contribution in [2.75, 3.05) is 6.61 Å². The van der Waals surface area contributed by atoms with Crippen LogP contribution in [0.2, 0.25) is 0 Å². The van der Waals surface area contributed by atoms with Crippen molar-refractivity contribution >= 4 is 23.7 Å². The summed E-state index contributed by atoms with van der Waals surface area (Å²) in [5.41, 5.74) is 1.24. The number of rotatable bonds is 8. The standard InChI is InChI=1S/C24H27FO6S/c1-15-9-11-19(12-10-15)32-24-23(30-17(3)27)22(29-16(2)26)21(25)20(31-24)14-28-13-18-7-5-4-6-8-18/h4-12,20-24H,13-14H2,1-3H3/t20-,21-,22-,23-,24-/m1/s1. The summed E-state index contributed by atoms with van der Waals surface area (Å²) < 4.78 is 37.7. The summed E-state index contributed by atoms with van der Waals surface area (Å²) in [6, 6.07) is 17.2. The first-order chi connectivity index (χ1) is 15.3. The maximum atomic E-state index is 15.4. The Labute approximate surface area is 191 Å². The molecule has 1 aliphatic heterocycles. The topological polar surface area (TPSA) is 71.1 Å². The van der Waals surface area contributed by atoms with Crippen LogP contribution in [0.1, 0.15) is 25.0 Å². The highest BCUT2D eigenvalue weighted by Crippen LogP contribution is 2.37. The van der Waals surface area contributed by atoms with E-state index in [2.05, 4.69) is 0 Å². The predicted octanol–water partition coefficient (Wildman–Crippen LogP) is 4.23. The smallest absolute Gasteiger partial charge is 0.303 e. The van der Waals surface area contributed by atoms with Gasteiger partial charge in [0.25, 0.3) is 0 Å². The molecule has 0 aliphatic carbocycles. The molecule has 1 heterocycles. The minimum absolute atomic E-state index is 0.0500. The van der Waals surface area contributed by atoms with Crippen molar-refractivity contribution in [1.29, 1.82) is 0 Å². The van der Waals surface area contributed by atoms with Gasteiger partial charge in [-0.25, -0.2) is 4.39 Å². The fraction of sp³-hybridized carbons (Fsp3) is 0.417. The predicted molar refractivity (Wildman–Crippen MR) is 118 cm³/mol. The zero-order chi connectivity index (χ0) is 23.1. The third-order valence-corrected chi connectivity index (χ3v) is 6.00. The number of halogens is 1. The summed E-state index contributed by atoms with van der Waals surface area (Å²) in [5.74, 6) is -1.28. The molecule has 3 rings (SSSR count). The Hall–Kier alpha value is -2.42. The van der Waals surface area contributed by atoms with Gasteiger partial charge < -0.3 is 18.9 Å². The molecule has 0 unspecified atom stereocenters. The lowest BCUT2D eigenvalue weighted by Gasteiger charge is -2.42. The Morgan fingerprint density at radius 3 is 2.22 bits per heavy atom. The third kappa shape index (κ3) is 6.79. The zero-order valence-electron chi connectivity index (χ0n) is 18.2. The Balaban J connectivity index is 1.78. The average Bonchev–Trinajstić information content (AvgIpc) is 2.75. The summed E-state index contributed by atoms with van der Waals surface area (Å²) in [7, 11) is 0. The molecule has 5 atom stereocenters. The SMILES string of the molecule is CC(=O)O[C@@H]1[C@H](F)[C@@H](COCc2ccccc2)O[C@H](Sc2ccc(C)cc2)[C@@H]1OC(C)=O. The lowest BCUT2D eigenvalue weighted by Crippen LogP contribution is -2.58. The van der Waals surface area contributed by atoms with Gasteiger partial charge in [-0.15, -0.1) is 0 Å². The number of carbonyl (C=O) groups is 2. The Kier molecular flexibility index (Phi) is 8.67. The Morgan fingerprint density at radius 1 is 0.969 bits per heavy atom. The van der Waals surface area contributed by atoms with Gasteiger partial charge in [0.2, 0.25) is 0 Å². The quantitative estimate of drug-likeness (QED) is 0.544. The van der Waals surface area contributed by atoms with Gasteiger partial charge in [0.1, 0.15) is 11.5 Å². The first kappa shape index (κ1) is 24.2. The molecule has 0 amide bonds. The van der Waals surface area contributed by atoms with Crippen LogP contribution in [0.3, 0.4) is 0 Å². The van der Waals surface area contributed by atoms with Crippen LogP contribution in [0, 0.1) is 6.92 Å². The van der Waals surface area contributed by atoms with E-state index < -0.39 is 41.9 Å². The van der Waals surface area contributed by atoms with Crippen LogP contribution in [0.15, 0.2) is 59.5 Å². The maximum absolute atomic E-state index is 15.4. The highest BCUT2D eigenvalue weighted by Gasteiger charge is 2.50. The fourth-order valence-corrected chi connectivity index (χ4v) is 4.46. The molecule has 0 saturated carbocycles. The van der Waals surface area contributed by atoms with Crippen LogP contribution in [-0.4, -0.2) is 48.5 Å². The second-order valence-corrected chi connectivity index (χ2v) is 8.74. The van der Waals surface area contributed by atoms with E-state index in [0.717, 1.165) is 16.0 Å². The molecule has 1 saturated heterocycles. The van der Waals surface area contributed by atoms with E-state index in [4.69, 9.17) is 18.9 Å². The van der Waals surface area contributed by atoms with Crippen LogP contribution < -0.4 is 0 Å². The van der Waals surface area contributed by atoms with E-state index in [-0.39, 0.29) is 13.2 Å². The van der Waals surface area contributed by atoms with Gasteiger partial charge in [0, 0.05) is 18.7 Å². The van der Waals surface area contributed by atoms with Gasteiger partial charge in [-0.2, -0.15) is 0 Å². The number of alkyl halides is 1. The molecule has 2 aromatic rings. The molecule has 0 N–H and O–H groups in total. The van der Waals surface area contributed by atoms with Crippen LogP contribution in [0.25, 0.3) is 0 Å². The Bertz CT molecular complexity index is 891. The number of carbonyl (C=O) groups excluding carboxylic acids is 2. The van der Waals surface area contributed by atoms with Crippen molar-refractivity contribution in [3.05, 3.63) is 65.7 Å². The highest BCUT2D eigenvalue weighted by atomic mass is 32.2. The monoisotopic (exact) mass is 462 g/mol. The average molecular weight is 463 g/mol. The second-order valence-electron chi connectivity index (χ2n) is 7.57. The van der Waals surface area contributed by atoms with Gasteiger partial charge in [0.05, 0.1) is 13.2 Å². The lowest BCUT2D eigenvalue weighted by atomic mass is 10.0. The van der Waals surface area contributed by atoms with E-state index in [1.54, 1.807) is 0 Å². The van der Waals surface area contributed by atoms with E-state index in [1.807, 2.05) is 61.5 Å². The van der Waals surface area contributed by atoms with Gasteiger partial charge in [-0.3, -0.25) is 9.59 Å². The summed E-state index contributed by atoms with van der Waals surface area (Å²) >= 11 is 1.28. The molecule has 172 valence electrons. The number of aryl methyl sites for hydroxylation is 1. The first-order valence-electron chi connectivity index (χ1n) is 10.3. The van der Waals surface area contributed by atoms with Crippen molar-refractivity contribution in [3.8, 4) is 0 Å². The van der Waals surface area contributed by atoms with Crippen molar-refractivity contribution in [3.63, 3.8) is 0 Å². The van der Waals surface area contributed by atoms with Crippen molar-refractivity contribution in [2.45, 2.75) is 62.2 Å². The maximum Gasteiger partial charge on any atom is 0.303 e. The number of thioether (sulfide) groups is 1. The van der Waals surface area contributed by atoms with Crippen molar-refractivity contribution in [1.82, 2.24) is 0 Å². The molecule has 6 nitrogen and oxygen atoms in total. The molecule has 1 fully saturated rings. The highest BCUT2D eigenvalue weighted by molar-refractivity contribution is 7.99. The van der Waals surface area contributed by atoms with Gasteiger partial charge in [-0.1, -0.05) is 59.8 Å². The molecule has 0 aromatic heterocycles. The molecular weight excluding hydrogens is 435 g/mol. The molecule has 2 aromatic carbocycles. The number of hydrogen-bond acceptors (Lipinski definition) is 7. The van der Waals surface area contributed by atoms with E-state index in [1.165, 1.54) is 25.6 Å². The number of benzene rings is 2. The zero-order valence-corrected chi connectivity index (χ0v) is 19.0. The number of esters is 2. The normalized spacial score (nSPS) is 25.2. The summed E-state index contributed by atoms with van der Waals surface area (Å²) in [4.78, 5) is 24.3. The van der Waals surface area contributed by atoms with E-state index in [0.29, 0.717) is 0 Å². The molecule has 0 radical (unpaired) electrons. The van der Waals surface area contributed by atoms with Crippen LogP contribution in [0.4, 0.5) is 4.39 Å². The van der Waals surface area contributed by atoms with E-state index in [9.17, 15) is 9.59 Å². The molecule has 0 bridgehead atoms. The lowest BCUT2D eigenvalue weighted by molar-refractivity contribution is -0.218. The number of ether oxygens (including phenoxy) is 4. The van der Waals surface area contributed by atoms with Gasteiger partial charge in [0.15, 0.2) is 18.4 Å². The van der Waals surface area contributed by atoms with Gasteiger partial charge >= 0.3 is 11.9 Å². The first-order valence-corrected chi connectivity index (χ1v) is 11.2. The summed E-state index contributed by atoms with van der Waals surface area (Å²) in [5, 5.41) is 0. The Morgan fingerprint density at radius 2 is 1.59 bits per heavy atom. The largest absolute Gasteiger partial charge is 0.455 e. The van der Waals surface area contributed by atoms with Gasteiger partial charge in [-0.05, 0) is 24.6 Å². The summed E-state index contributed by atoms with van der Waals surface area (Å²) in [6.45, 7) is 4.62. The second kappa shape index (κ2) is 11.4. The summed E-state index contributed by atoms with van der Waals surface area (Å²) in [6.07, 6.45) is -5.15. The molecular formula is C24H27FO6S. The molecule has 0 spiro atoms. The minimum Gasteiger partial charge on any atom is -0.455 e. The minimum atomic E-state index is -1.73. The van der Waals surface area contributed by atoms with Crippen molar-refractivity contribution in [2.24, 2.45) is 0 Å². The van der Waals surface area contributed by atoms with E-state index >= 15 is 4.39 Å². The van der Waals surface area contributed by atoms with Crippen LogP contribution >= 0.6 is 11.8 Å². The fourth-order valence-electron chi connectivity index (χ4n) is 3.35. The molecule has 1 aliphatic rings.